The van der Waals surface area contributed by atoms with Gasteiger partial charge in [-0.05, 0) is 57.4 Å². The second-order valence-corrected chi connectivity index (χ2v) is 7.02. The minimum absolute atomic E-state index is 0.0486. The van der Waals surface area contributed by atoms with Crippen LogP contribution < -0.4 is 4.74 Å². The number of carboxylic acids is 1. The number of piperidine rings is 1. The van der Waals surface area contributed by atoms with Crippen molar-refractivity contribution in [2.45, 2.75) is 45.1 Å². The third-order valence-electron chi connectivity index (χ3n) is 4.00. The van der Waals surface area contributed by atoms with Crippen LogP contribution in [0.15, 0.2) is 18.2 Å². The maximum Gasteiger partial charge on any atom is 0.410 e. The molecule has 2 rings (SSSR count). The first-order chi connectivity index (χ1) is 11.2. The molecule has 1 aromatic rings. The van der Waals surface area contributed by atoms with Gasteiger partial charge in [0.05, 0.1) is 12.7 Å². The van der Waals surface area contributed by atoms with Crippen LogP contribution in [0.2, 0.25) is 0 Å². The van der Waals surface area contributed by atoms with Crippen molar-refractivity contribution in [3.8, 4) is 5.75 Å². The number of hydrogen-bond donors (Lipinski definition) is 1. The number of likely N-dealkylation sites (tertiary alicyclic amines) is 1. The fourth-order valence-electron chi connectivity index (χ4n) is 2.92. The Kier molecular flexibility index (Phi) is 5.36. The standard InChI is InChI=1S/C18H25NO5/c1-18(2,3)24-17(22)19-9-5-6-12(11-19)15-10-13(23-4)7-8-14(15)16(20)21/h7-8,10,12H,5-6,9,11H2,1-4H3,(H,20,21). The summed E-state index contributed by atoms with van der Waals surface area (Å²) < 4.78 is 10.7. The summed E-state index contributed by atoms with van der Waals surface area (Å²) in [7, 11) is 1.55. The van der Waals surface area contributed by atoms with Crippen molar-refractivity contribution in [1.82, 2.24) is 4.90 Å². The molecule has 1 aromatic carbocycles. The molecular weight excluding hydrogens is 310 g/mol. The Labute approximate surface area is 142 Å². The van der Waals surface area contributed by atoms with Crippen LogP contribution in [0.5, 0.6) is 5.75 Å². The zero-order valence-electron chi connectivity index (χ0n) is 14.7. The molecule has 1 unspecified atom stereocenters. The van der Waals surface area contributed by atoms with Crippen molar-refractivity contribution < 1.29 is 24.2 Å². The molecule has 132 valence electrons. The molecule has 1 amide bonds. The zero-order valence-corrected chi connectivity index (χ0v) is 14.7. The first-order valence-electron chi connectivity index (χ1n) is 8.10. The average molecular weight is 335 g/mol. The van der Waals surface area contributed by atoms with Gasteiger partial charge in [-0.1, -0.05) is 0 Å². The molecule has 6 heteroatoms. The summed E-state index contributed by atoms with van der Waals surface area (Å²) in [6, 6.07) is 4.96. The van der Waals surface area contributed by atoms with Crippen LogP contribution in [0.3, 0.4) is 0 Å². The van der Waals surface area contributed by atoms with Crippen molar-refractivity contribution in [2.24, 2.45) is 0 Å². The molecule has 1 saturated heterocycles. The number of carbonyl (C=O) groups is 2. The Balaban J connectivity index is 2.23. The van der Waals surface area contributed by atoms with Crippen molar-refractivity contribution >= 4 is 12.1 Å². The third kappa shape index (κ3) is 4.40. The van der Waals surface area contributed by atoms with Crippen LogP contribution in [-0.4, -0.2) is 47.9 Å². The van der Waals surface area contributed by atoms with Crippen molar-refractivity contribution in [1.29, 1.82) is 0 Å². The highest BCUT2D eigenvalue weighted by Gasteiger charge is 2.30. The Morgan fingerprint density at radius 1 is 1.29 bits per heavy atom. The first kappa shape index (κ1) is 18.1. The maximum atomic E-state index is 12.3. The lowest BCUT2D eigenvalue weighted by Gasteiger charge is -2.34. The van der Waals surface area contributed by atoms with Gasteiger partial charge in [-0.3, -0.25) is 0 Å². The summed E-state index contributed by atoms with van der Waals surface area (Å²) >= 11 is 0. The molecule has 0 spiro atoms. The lowest BCUT2D eigenvalue weighted by Crippen LogP contribution is -2.42. The van der Waals surface area contributed by atoms with Gasteiger partial charge in [-0.2, -0.15) is 0 Å². The molecule has 1 N–H and O–H groups in total. The molecule has 6 nitrogen and oxygen atoms in total. The fourth-order valence-corrected chi connectivity index (χ4v) is 2.92. The van der Waals surface area contributed by atoms with E-state index >= 15 is 0 Å². The van der Waals surface area contributed by atoms with Crippen molar-refractivity contribution in [2.75, 3.05) is 20.2 Å². The van der Waals surface area contributed by atoms with E-state index in [0.717, 1.165) is 12.8 Å². The maximum absolute atomic E-state index is 12.3. The number of aromatic carboxylic acids is 1. The molecule has 1 fully saturated rings. The average Bonchev–Trinajstić information content (AvgIpc) is 2.52. The molecule has 1 heterocycles. The number of benzene rings is 1. The van der Waals surface area contributed by atoms with E-state index in [4.69, 9.17) is 9.47 Å². The van der Waals surface area contributed by atoms with Gasteiger partial charge in [0, 0.05) is 19.0 Å². The molecular formula is C18H25NO5. The quantitative estimate of drug-likeness (QED) is 0.915. The Hall–Kier alpha value is -2.24. The largest absolute Gasteiger partial charge is 0.497 e. The van der Waals surface area contributed by atoms with Crippen LogP contribution in [0.25, 0.3) is 0 Å². The highest BCUT2D eigenvalue weighted by atomic mass is 16.6. The van der Waals surface area contributed by atoms with Crippen LogP contribution >= 0.6 is 0 Å². The van der Waals surface area contributed by atoms with E-state index in [1.165, 1.54) is 0 Å². The van der Waals surface area contributed by atoms with Crippen LogP contribution in [0.1, 0.15) is 55.5 Å². The predicted octanol–water partition coefficient (Wildman–Crippen LogP) is 3.51. The zero-order chi connectivity index (χ0) is 17.9. The highest BCUT2D eigenvalue weighted by molar-refractivity contribution is 5.90. The summed E-state index contributed by atoms with van der Waals surface area (Å²) in [6.07, 6.45) is 1.28. The number of carboxylic acid groups (broad SMARTS) is 1. The van der Waals surface area contributed by atoms with Crippen LogP contribution in [-0.2, 0) is 4.74 Å². The van der Waals surface area contributed by atoms with Crippen LogP contribution in [0, 0.1) is 0 Å². The number of methoxy groups -OCH3 is 1. The Bertz CT molecular complexity index is 620. The summed E-state index contributed by atoms with van der Waals surface area (Å²) in [6.45, 7) is 6.56. The van der Waals surface area contributed by atoms with Gasteiger partial charge in [-0.25, -0.2) is 9.59 Å². The van der Waals surface area contributed by atoms with E-state index in [1.807, 2.05) is 20.8 Å². The van der Waals surface area contributed by atoms with Crippen LogP contribution in [0.4, 0.5) is 4.79 Å². The number of rotatable bonds is 3. The monoisotopic (exact) mass is 335 g/mol. The Morgan fingerprint density at radius 2 is 2.00 bits per heavy atom. The summed E-state index contributed by atoms with van der Waals surface area (Å²) in [5.74, 6) is -0.404. The number of hydrogen-bond acceptors (Lipinski definition) is 4. The van der Waals surface area contributed by atoms with E-state index < -0.39 is 11.6 Å². The molecule has 24 heavy (non-hydrogen) atoms. The van der Waals surface area contributed by atoms with E-state index in [9.17, 15) is 14.7 Å². The van der Waals surface area contributed by atoms with Gasteiger partial charge in [0.15, 0.2) is 0 Å². The second kappa shape index (κ2) is 7.11. The van der Waals surface area contributed by atoms with Gasteiger partial charge in [0.1, 0.15) is 11.4 Å². The van der Waals surface area contributed by atoms with E-state index in [1.54, 1.807) is 30.2 Å². The number of ether oxygens (including phenoxy) is 2. The molecule has 0 saturated carbocycles. The summed E-state index contributed by atoms with van der Waals surface area (Å²) in [5.41, 5.74) is 0.411. The van der Waals surface area contributed by atoms with E-state index in [-0.39, 0.29) is 17.6 Å². The minimum Gasteiger partial charge on any atom is -0.497 e. The van der Waals surface area contributed by atoms with Gasteiger partial charge in [0.2, 0.25) is 0 Å². The highest BCUT2D eigenvalue weighted by Crippen LogP contribution is 2.32. The van der Waals surface area contributed by atoms with Gasteiger partial charge in [0.25, 0.3) is 0 Å². The summed E-state index contributed by atoms with van der Waals surface area (Å²) in [5, 5.41) is 9.44. The second-order valence-electron chi connectivity index (χ2n) is 7.02. The summed E-state index contributed by atoms with van der Waals surface area (Å²) in [4.78, 5) is 25.5. The molecule has 0 aromatic heterocycles. The molecule has 1 atom stereocenters. The molecule has 0 aliphatic carbocycles. The lowest BCUT2D eigenvalue weighted by atomic mass is 9.87. The molecule has 0 bridgehead atoms. The van der Waals surface area contributed by atoms with Gasteiger partial charge < -0.3 is 19.5 Å². The van der Waals surface area contributed by atoms with Gasteiger partial charge >= 0.3 is 12.1 Å². The van der Waals surface area contributed by atoms with E-state index in [0.29, 0.717) is 24.4 Å². The topological polar surface area (TPSA) is 76.1 Å². The third-order valence-corrected chi connectivity index (χ3v) is 4.00. The normalized spacial score (nSPS) is 18.2. The number of carbonyl (C=O) groups excluding carboxylic acids is 1. The fraction of sp³-hybridized carbons (Fsp3) is 0.556. The number of amides is 1. The minimum atomic E-state index is -0.970. The lowest BCUT2D eigenvalue weighted by molar-refractivity contribution is 0.0198. The Morgan fingerprint density at radius 3 is 2.58 bits per heavy atom. The van der Waals surface area contributed by atoms with Crippen molar-refractivity contribution in [3.63, 3.8) is 0 Å². The molecule has 1 aliphatic rings. The predicted molar refractivity (Wildman–Crippen MR) is 89.7 cm³/mol. The van der Waals surface area contributed by atoms with Crippen molar-refractivity contribution in [3.05, 3.63) is 29.3 Å². The molecule has 1 aliphatic heterocycles. The van der Waals surface area contributed by atoms with Gasteiger partial charge in [-0.15, -0.1) is 0 Å². The SMILES string of the molecule is COc1ccc(C(=O)O)c(C2CCCN(C(=O)OC(C)(C)C)C2)c1. The number of nitrogens with zero attached hydrogens (tertiary/aromatic N) is 1. The first-order valence-corrected chi connectivity index (χ1v) is 8.10. The molecule has 0 radical (unpaired) electrons. The van der Waals surface area contributed by atoms with E-state index in [2.05, 4.69) is 0 Å². The smallest absolute Gasteiger partial charge is 0.410 e.